The number of benzene rings is 1. The lowest BCUT2D eigenvalue weighted by Crippen LogP contribution is -2.40. The third kappa shape index (κ3) is 2.99. The molecule has 1 aromatic carbocycles. The van der Waals surface area contributed by atoms with Crippen molar-refractivity contribution in [3.05, 3.63) is 71.1 Å². The average Bonchev–Trinajstić information content (AvgIpc) is 3.05. The molecule has 5 rings (SSSR count). The SMILES string of the molecule is COc1cc(O)c([C@H]2C3=CCn4c(=O)n(C)c(=O)n4[C@@H]3CC3=C2C(=O)C(I)=CC3=O)c(OC)c1. The quantitative estimate of drug-likeness (QED) is 0.334. The molecule has 176 valence electrons. The number of methoxy groups -OCH3 is 2. The van der Waals surface area contributed by atoms with Crippen LogP contribution in [-0.2, 0) is 23.2 Å². The van der Waals surface area contributed by atoms with Crippen LogP contribution in [0.5, 0.6) is 17.2 Å². The third-order valence-electron chi connectivity index (χ3n) is 6.63. The van der Waals surface area contributed by atoms with Crippen LogP contribution in [0.3, 0.4) is 0 Å². The number of ether oxygens (including phenoxy) is 2. The molecule has 11 heteroatoms. The van der Waals surface area contributed by atoms with Crippen molar-refractivity contribution in [2.45, 2.75) is 24.9 Å². The molecule has 2 aliphatic carbocycles. The number of aromatic hydroxyl groups is 1. The first-order valence-corrected chi connectivity index (χ1v) is 11.5. The largest absolute Gasteiger partial charge is 0.507 e. The summed E-state index contributed by atoms with van der Waals surface area (Å²) in [5, 5.41) is 11.0. The molecule has 0 fully saturated rings. The van der Waals surface area contributed by atoms with Gasteiger partial charge in [0.1, 0.15) is 17.2 Å². The molecule has 2 heterocycles. The van der Waals surface area contributed by atoms with Crippen LogP contribution < -0.4 is 20.9 Å². The highest BCUT2D eigenvalue weighted by Gasteiger charge is 2.46. The summed E-state index contributed by atoms with van der Waals surface area (Å²) in [6.45, 7) is 0.105. The molecule has 0 radical (unpaired) electrons. The number of carbonyl (C=O) groups excluding carboxylic acids is 2. The number of phenols is 1. The molecule has 1 N–H and O–H groups in total. The zero-order valence-corrected chi connectivity index (χ0v) is 20.7. The van der Waals surface area contributed by atoms with Gasteiger partial charge in [-0.3, -0.25) is 9.59 Å². The minimum atomic E-state index is -0.861. The lowest BCUT2D eigenvalue weighted by Gasteiger charge is -2.40. The van der Waals surface area contributed by atoms with Gasteiger partial charge >= 0.3 is 11.4 Å². The average molecular weight is 577 g/mol. The first-order valence-electron chi connectivity index (χ1n) is 10.4. The van der Waals surface area contributed by atoms with E-state index in [0.29, 0.717) is 16.9 Å². The number of fused-ring (bicyclic) bond motifs is 3. The zero-order valence-electron chi connectivity index (χ0n) is 18.5. The second kappa shape index (κ2) is 7.86. The highest BCUT2D eigenvalue weighted by atomic mass is 127. The highest BCUT2D eigenvalue weighted by Crippen LogP contribution is 2.54. The maximum atomic E-state index is 13.4. The molecule has 1 aliphatic heterocycles. The number of carbonyl (C=O) groups is 2. The van der Waals surface area contributed by atoms with Crippen molar-refractivity contribution in [3.63, 3.8) is 0 Å². The minimum absolute atomic E-state index is 0.0747. The minimum Gasteiger partial charge on any atom is -0.507 e. The van der Waals surface area contributed by atoms with Gasteiger partial charge in [-0.15, -0.1) is 0 Å². The zero-order chi connectivity index (χ0) is 24.5. The number of rotatable bonds is 3. The number of Topliss-reactive ketones (excluding diaryl/α,β-unsaturated/α-hetero) is 1. The van der Waals surface area contributed by atoms with E-state index in [1.807, 2.05) is 22.6 Å². The second-order valence-corrected chi connectivity index (χ2v) is 9.41. The van der Waals surface area contributed by atoms with Crippen LogP contribution in [0.15, 0.2) is 54.2 Å². The van der Waals surface area contributed by atoms with Gasteiger partial charge in [-0.2, -0.15) is 0 Å². The topological polar surface area (TPSA) is 122 Å². The Morgan fingerprint density at radius 3 is 2.50 bits per heavy atom. The summed E-state index contributed by atoms with van der Waals surface area (Å²) in [5.41, 5.74) is 0.441. The number of ketones is 2. The summed E-state index contributed by atoms with van der Waals surface area (Å²) in [7, 11) is 4.28. The Balaban J connectivity index is 1.83. The molecule has 0 saturated carbocycles. The van der Waals surface area contributed by atoms with Crippen molar-refractivity contribution in [1.82, 2.24) is 13.9 Å². The molecule has 0 spiro atoms. The fourth-order valence-electron chi connectivity index (χ4n) is 5.07. The van der Waals surface area contributed by atoms with Gasteiger partial charge in [-0.05, 0) is 28.2 Å². The number of aromatic nitrogens is 3. The van der Waals surface area contributed by atoms with E-state index < -0.39 is 23.3 Å². The monoisotopic (exact) mass is 577 g/mol. The number of nitrogens with zero attached hydrogens (tertiary/aromatic N) is 3. The Labute approximate surface area is 206 Å². The van der Waals surface area contributed by atoms with E-state index in [-0.39, 0.29) is 50.8 Å². The molecule has 1 aromatic heterocycles. The first kappa shape index (κ1) is 22.4. The van der Waals surface area contributed by atoms with Gasteiger partial charge in [0.05, 0.1) is 30.4 Å². The summed E-state index contributed by atoms with van der Waals surface area (Å²) in [6, 6.07) is 2.31. The molecular weight excluding hydrogens is 557 g/mol. The lowest BCUT2D eigenvalue weighted by atomic mass is 9.68. The summed E-state index contributed by atoms with van der Waals surface area (Å²) in [5.74, 6) is -1.07. The van der Waals surface area contributed by atoms with Crippen molar-refractivity contribution in [2.24, 2.45) is 7.05 Å². The van der Waals surface area contributed by atoms with Crippen LogP contribution in [0.25, 0.3) is 0 Å². The normalized spacial score (nSPS) is 21.4. The summed E-state index contributed by atoms with van der Waals surface area (Å²) in [6.07, 6.45) is 3.14. The number of hydrogen-bond acceptors (Lipinski definition) is 7. The van der Waals surface area contributed by atoms with Crippen molar-refractivity contribution in [3.8, 4) is 17.2 Å². The number of halogens is 1. The van der Waals surface area contributed by atoms with Crippen LogP contribution in [-0.4, -0.2) is 44.8 Å². The van der Waals surface area contributed by atoms with Gasteiger partial charge in [0.2, 0.25) is 0 Å². The standard InChI is InChI=1S/C23H20IN3O7/c1-25-22(31)26-5-4-11-14(27(26)23(25)32)8-12-15(28)9-13(24)21(30)19(12)18(11)20-16(29)6-10(33-2)7-17(20)34-3/h4,6-7,9,14,18,29H,5,8H2,1-3H3/t14-,18+/m1/s1. The van der Waals surface area contributed by atoms with Gasteiger partial charge in [0, 0.05) is 54.3 Å². The van der Waals surface area contributed by atoms with E-state index in [1.165, 1.54) is 42.8 Å². The van der Waals surface area contributed by atoms with Crippen LogP contribution in [0.1, 0.15) is 23.9 Å². The Hall–Kier alpha value is -3.35. The molecule has 3 aliphatic rings. The van der Waals surface area contributed by atoms with Crippen LogP contribution >= 0.6 is 22.6 Å². The lowest BCUT2D eigenvalue weighted by molar-refractivity contribution is -0.115. The highest BCUT2D eigenvalue weighted by molar-refractivity contribution is 14.1. The van der Waals surface area contributed by atoms with Crippen molar-refractivity contribution < 1.29 is 24.2 Å². The van der Waals surface area contributed by atoms with E-state index >= 15 is 0 Å². The van der Waals surface area contributed by atoms with Crippen molar-refractivity contribution in [1.29, 1.82) is 0 Å². The molecular formula is C23H20IN3O7. The summed E-state index contributed by atoms with van der Waals surface area (Å²) >= 11 is 1.83. The molecule has 2 atom stereocenters. The van der Waals surface area contributed by atoms with E-state index in [9.17, 15) is 24.3 Å². The predicted octanol–water partition coefficient (Wildman–Crippen LogP) is 1.51. The van der Waals surface area contributed by atoms with Crippen LogP contribution in [0, 0.1) is 0 Å². The molecule has 0 bridgehead atoms. The molecule has 2 aromatic rings. The van der Waals surface area contributed by atoms with E-state index in [4.69, 9.17) is 9.47 Å². The van der Waals surface area contributed by atoms with Gasteiger partial charge in [-0.25, -0.2) is 23.5 Å². The van der Waals surface area contributed by atoms with Crippen molar-refractivity contribution in [2.75, 3.05) is 14.2 Å². The van der Waals surface area contributed by atoms with Gasteiger partial charge < -0.3 is 14.6 Å². The van der Waals surface area contributed by atoms with Crippen LogP contribution in [0.2, 0.25) is 0 Å². The van der Waals surface area contributed by atoms with Crippen LogP contribution in [0.4, 0.5) is 0 Å². The number of phenolic OH excluding ortho intramolecular Hbond substituents is 1. The summed E-state index contributed by atoms with van der Waals surface area (Å²) < 4.78 is 14.7. The molecule has 0 unspecified atom stereocenters. The predicted molar refractivity (Wildman–Crippen MR) is 129 cm³/mol. The van der Waals surface area contributed by atoms with Gasteiger partial charge in [0.15, 0.2) is 11.6 Å². The molecule has 34 heavy (non-hydrogen) atoms. The summed E-state index contributed by atoms with van der Waals surface area (Å²) in [4.78, 5) is 52.0. The fourth-order valence-corrected chi connectivity index (χ4v) is 5.65. The Kier molecular flexibility index (Phi) is 5.19. The Morgan fingerprint density at radius 1 is 1.09 bits per heavy atom. The second-order valence-electron chi connectivity index (χ2n) is 8.25. The smallest absolute Gasteiger partial charge is 0.347 e. The maximum absolute atomic E-state index is 13.4. The Bertz CT molecular complexity index is 1500. The van der Waals surface area contributed by atoms with Gasteiger partial charge in [0.25, 0.3) is 0 Å². The number of hydrogen-bond donors (Lipinski definition) is 1. The fraction of sp³-hybridized carbons (Fsp3) is 0.304. The first-order chi connectivity index (χ1) is 16.2. The molecule has 0 saturated heterocycles. The number of allylic oxidation sites excluding steroid dienone is 6. The van der Waals surface area contributed by atoms with E-state index in [1.54, 1.807) is 12.1 Å². The molecule has 0 amide bonds. The van der Waals surface area contributed by atoms with E-state index in [2.05, 4.69) is 0 Å². The third-order valence-corrected chi connectivity index (χ3v) is 7.43. The maximum Gasteiger partial charge on any atom is 0.347 e. The van der Waals surface area contributed by atoms with Gasteiger partial charge in [-0.1, -0.05) is 6.08 Å². The van der Waals surface area contributed by atoms with E-state index in [0.717, 1.165) is 4.57 Å². The molecule has 10 nitrogen and oxygen atoms in total. The van der Waals surface area contributed by atoms with Crippen molar-refractivity contribution >= 4 is 34.2 Å². The Morgan fingerprint density at radius 2 is 1.82 bits per heavy atom.